The summed E-state index contributed by atoms with van der Waals surface area (Å²) in [7, 11) is 0. The second-order valence-corrected chi connectivity index (χ2v) is 6.68. The van der Waals surface area contributed by atoms with Crippen LogP contribution < -0.4 is 10.6 Å². The Morgan fingerprint density at radius 1 is 1.04 bits per heavy atom. The first-order valence-electron chi connectivity index (χ1n) is 7.70. The van der Waals surface area contributed by atoms with Crippen molar-refractivity contribution in [3.63, 3.8) is 0 Å². The van der Waals surface area contributed by atoms with E-state index in [1.807, 2.05) is 42.5 Å². The lowest BCUT2D eigenvalue weighted by molar-refractivity contribution is 0.430. The Kier molecular flexibility index (Phi) is 4.51. The molecule has 4 rings (SSSR count). The van der Waals surface area contributed by atoms with Gasteiger partial charge < -0.3 is 15.7 Å². The van der Waals surface area contributed by atoms with E-state index in [1.54, 1.807) is 16.8 Å². The van der Waals surface area contributed by atoms with Gasteiger partial charge in [0.25, 0.3) is 0 Å². The first-order valence-corrected chi connectivity index (χ1v) is 8.96. The van der Waals surface area contributed by atoms with Crippen LogP contribution in [0.3, 0.4) is 0 Å². The fourth-order valence-electron chi connectivity index (χ4n) is 2.38. The predicted octanol–water partition coefficient (Wildman–Crippen LogP) is 4.20. The Bertz CT molecular complexity index is 1070. The van der Waals surface area contributed by atoms with Crippen molar-refractivity contribution in [2.75, 3.05) is 10.6 Å². The Morgan fingerprint density at radius 2 is 1.88 bits per heavy atom. The monoisotopic (exact) mass is 384 g/mol. The molecule has 0 atom stereocenters. The summed E-state index contributed by atoms with van der Waals surface area (Å²) in [4.78, 5) is 16.3. The summed E-state index contributed by atoms with van der Waals surface area (Å²) < 4.78 is 1.05. The molecule has 4 aromatic rings. The molecule has 0 radical (unpaired) electrons. The van der Waals surface area contributed by atoms with Gasteiger partial charge in [-0.05, 0) is 29.8 Å². The molecule has 0 saturated carbocycles. The Labute approximate surface area is 157 Å². The van der Waals surface area contributed by atoms with Crippen molar-refractivity contribution in [3.05, 3.63) is 58.6 Å². The molecule has 0 aliphatic rings. The average molecular weight is 385 g/mol. The summed E-state index contributed by atoms with van der Waals surface area (Å²) >= 11 is 7.69. The van der Waals surface area contributed by atoms with E-state index in [4.69, 9.17) is 11.6 Å². The number of fused-ring (bicyclic) bond motifs is 1. The molecule has 3 N–H and O–H groups in total. The Hall–Kier alpha value is -2.97. The van der Waals surface area contributed by atoms with E-state index in [0.717, 1.165) is 21.5 Å². The van der Waals surface area contributed by atoms with Gasteiger partial charge in [0.05, 0.1) is 15.7 Å². The number of aromatic nitrogens is 4. The number of nitrogens with zero attached hydrogens (tertiary/aromatic N) is 4. The summed E-state index contributed by atoms with van der Waals surface area (Å²) in [5, 5.41) is 16.5. The summed E-state index contributed by atoms with van der Waals surface area (Å²) in [6, 6.07) is 12.8. The van der Waals surface area contributed by atoms with Gasteiger partial charge in [0.2, 0.25) is 11.9 Å². The van der Waals surface area contributed by atoms with Crippen molar-refractivity contribution in [3.8, 4) is 6.01 Å². The molecule has 2 heterocycles. The van der Waals surface area contributed by atoms with Gasteiger partial charge in [-0.2, -0.15) is 15.0 Å². The van der Waals surface area contributed by atoms with Gasteiger partial charge in [0.15, 0.2) is 0 Å². The third-order valence-electron chi connectivity index (χ3n) is 3.61. The number of thiazole rings is 1. The highest BCUT2D eigenvalue weighted by Gasteiger charge is 2.08. The highest BCUT2D eigenvalue weighted by molar-refractivity contribution is 7.16. The van der Waals surface area contributed by atoms with Crippen molar-refractivity contribution in [1.29, 1.82) is 0 Å². The normalized spacial score (nSPS) is 10.8. The molecule has 2 aromatic carbocycles. The lowest BCUT2D eigenvalue weighted by Gasteiger charge is -2.09. The molecule has 130 valence electrons. The summed E-state index contributed by atoms with van der Waals surface area (Å²) in [6.45, 7) is 0.426. The van der Waals surface area contributed by atoms with Crippen LogP contribution in [0, 0.1) is 0 Å². The molecule has 0 bridgehead atoms. The molecule has 0 aliphatic carbocycles. The zero-order valence-electron chi connectivity index (χ0n) is 13.3. The van der Waals surface area contributed by atoms with Crippen LogP contribution in [0.25, 0.3) is 10.2 Å². The lowest BCUT2D eigenvalue weighted by atomic mass is 10.2. The maximum atomic E-state index is 9.79. The minimum absolute atomic E-state index is 0.239. The maximum Gasteiger partial charge on any atom is 0.320 e. The van der Waals surface area contributed by atoms with Crippen LogP contribution in [-0.4, -0.2) is 25.0 Å². The number of hydrogen-bond donors (Lipinski definition) is 3. The molecule has 2 aromatic heterocycles. The van der Waals surface area contributed by atoms with E-state index in [-0.39, 0.29) is 17.9 Å². The quantitative estimate of drug-likeness (QED) is 0.474. The summed E-state index contributed by atoms with van der Waals surface area (Å²) in [6.07, 6.45) is 0. The Morgan fingerprint density at radius 3 is 2.77 bits per heavy atom. The standard InChI is InChI=1S/C17H13ClN6OS/c18-12-4-2-1-3-10(12)8-19-15-22-16(24-17(25)23-15)21-11-5-6-13-14(7-11)26-9-20-13/h1-7,9H,8H2,(H3,19,21,22,23,24,25). The highest BCUT2D eigenvalue weighted by atomic mass is 35.5. The number of halogens is 1. The van der Waals surface area contributed by atoms with E-state index < -0.39 is 0 Å². The number of benzene rings is 2. The number of nitrogens with one attached hydrogen (secondary N) is 2. The molecule has 26 heavy (non-hydrogen) atoms. The second kappa shape index (κ2) is 7.11. The fraction of sp³-hybridized carbons (Fsp3) is 0.0588. The van der Waals surface area contributed by atoms with Crippen LogP contribution in [0.15, 0.2) is 48.0 Å². The van der Waals surface area contributed by atoms with E-state index in [9.17, 15) is 5.11 Å². The van der Waals surface area contributed by atoms with Crippen LogP contribution in [0.2, 0.25) is 5.02 Å². The third-order valence-corrected chi connectivity index (χ3v) is 4.77. The zero-order valence-corrected chi connectivity index (χ0v) is 14.9. The van der Waals surface area contributed by atoms with Crippen LogP contribution in [0.4, 0.5) is 17.6 Å². The molecule has 9 heteroatoms. The number of hydrogen-bond acceptors (Lipinski definition) is 8. The summed E-state index contributed by atoms with van der Waals surface area (Å²) in [5.74, 6) is 0.488. The molecule has 0 fully saturated rings. The highest BCUT2D eigenvalue weighted by Crippen LogP contribution is 2.24. The molecule has 0 amide bonds. The topological polar surface area (TPSA) is 95.9 Å². The van der Waals surface area contributed by atoms with Crippen molar-refractivity contribution < 1.29 is 5.11 Å². The minimum atomic E-state index is -0.372. The minimum Gasteiger partial charge on any atom is -0.479 e. The van der Waals surface area contributed by atoms with Crippen LogP contribution in [-0.2, 0) is 6.54 Å². The van der Waals surface area contributed by atoms with Crippen molar-refractivity contribution in [2.45, 2.75) is 6.54 Å². The van der Waals surface area contributed by atoms with E-state index in [0.29, 0.717) is 11.6 Å². The number of aromatic hydroxyl groups is 1. The predicted molar refractivity (Wildman–Crippen MR) is 103 cm³/mol. The summed E-state index contributed by atoms with van der Waals surface area (Å²) in [5.41, 5.74) is 4.42. The number of rotatable bonds is 5. The smallest absolute Gasteiger partial charge is 0.320 e. The van der Waals surface area contributed by atoms with Gasteiger partial charge in [0, 0.05) is 17.3 Å². The van der Waals surface area contributed by atoms with E-state index in [2.05, 4.69) is 30.6 Å². The van der Waals surface area contributed by atoms with Crippen molar-refractivity contribution in [1.82, 2.24) is 19.9 Å². The first kappa shape index (κ1) is 16.5. The Balaban J connectivity index is 1.53. The van der Waals surface area contributed by atoms with Gasteiger partial charge >= 0.3 is 6.01 Å². The molecule has 0 saturated heterocycles. The zero-order chi connectivity index (χ0) is 17.9. The van der Waals surface area contributed by atoms with Crippen LogP contribution >= 0.6 is 22.9 Å². The van der Waals surface area contributed by atoms with Crippen molar-refractivity contribution >= 4 is 50.7 Å². The van der Waals surface area contributed by atoms with Gasteiger partial charge in [-0.1, -0.05) is 29.8 Å². The van der Waals surface area contributed by atoms with Gasteiger partial charge in [-0.15, -0.1) is 11.3 Å². The average Bonchev–Trinajstić information content (AvgIpc) is 3.08. The van der Waals surface area contributed by atoms with Crippen LogP contribution in [0.1, 0.15) is 5.56 Å². The second-order valence-electron chi connectivity index (χ2n) is 5.39. The maximum absolute atomic E-state index is 9.79. The molecule has 0 spiro atoms. The fourth-order valence-corrected chi connectivity index (χ4v) is 3.30. The number of anilines is 3. The molecular weight excluding hydrogens is 372 g/mol. The first-order chi connectivity index (χ1) is 12.7. The van der Waals surface area contributed by atoms with Gasteiger partial charge in [0.1, 0.15) is 0 Å². The lowest BCUT2D eigenvalue weighted by Crippen LogP contribution is -2.07. The van der Waals surface area contributed by atoms with E-state index >= 15 is 0 Å². The largest absolute Gasteiger partial charge is 0.479 e. The molecular formula is C17H13ClN6OS. The SMILES string of the molecule is Oc1nc(NCc2ccccc2Cl)nc(Nc2ccc3ncsc3c2)n1. The third kappa shape index (κ3) is 3.66. The van der Waals surface area contributed by atoms with Gasteiger partial charge in [-0.3, -0.25) is 0 Å². The molecule has 0 unspecified atom stereocenters. The molecule has 7 nitrogen and oxygen atoms in total. The van der Waals surface area contributed by atoms with Crippen molar-refractivity contribution in [2.24, 2.45) is 0 Å². The van der Waals surface area contributed by atoms with Gasteiger partial charge in [-0.25, -0.2) is 4.98 Å². The van der Waals surface area contributed by atoms with Crippen LogP contribution in [0.5, 0.6) is 6.01 Å². The van der Waals surface area contributed by atoms with E-state index in [1.165, 1.54) is 0 Å². The molecule has 0 aliphatic heterocycles.